The van der Waals surface area contributed by atoms with Gasteiger partial charge in [0.15, 0.2) is 5.76 Å². The SMILES string of the molecule is CCN(C(=O)c1cc2ccccc2o1)C1CCCCC1. The highest BCUT2D eigenvalue weighted by molar-refractivity contribution is 5.96. The minimum atomic E-state index is 0.0376. The molecule has 0 N–H and O–H groups in total. The summed E-state index contributed by atoms with van der Waals surface area (Å²) in [5.74, 6) is 0.509. The molecular weight excluding hydrogens is 250 g/mol. The van der Waals surface area contributed by atoms with Gasteiger partial charge in [-0.1, -0.05) is 37.5 Å². The summed E-state index contributed by atoms with van der Waals surface area (Å²) in [4.78, 5) is 14.7. The second kappa shape index (κ2) is 5.70. The van der Waals surface area contributed by atoms with Crippen molar-refractivity contribution in [3.63, 3.8) is 0 Å². The molecule has 0 saturated heterocycles. The van der Waals surface area contributed by atoms with E-state index in [9.17, 15) is 4.79 Å². The molecule has 1 aliphatic rings. The van der Waals surface area contributed by atoms with Crippen LogP contribution >= 0.6 is 0 Å². The van der Waals surface area contributed by atoms with Crippen LogP contribution in [0.2, 0.25) is 0 Å². The van der Waals surface area contributed by atoms with E-state index in [0.29, 0.717) is 11.8 Å². The molecule has 0 radical (unpaired) electrons. The van der Waals surface area contributed by atoms with Crippen molar-refractivity contribution >= 4 is 16.9 Å². The highest BCUT2D eigenvalue weighted by atomic mass is 16.3. The zero-order valence-corrected chi connectivity index (χ0v) is 12.0. The molecule has 1 aliphatic carbocycles. The summed E-state index contributed by atoms with van der Waals surface area (Å²) in [5.41, 5.74) is 0.788. The minimum Gasteiger partial charge on any atom is -0.451 e. The van der Waals surface area contributed by atoms with E-state index in [1.54, 1.807) is 0 Å². The molecule has 0 atom stereocenters. The van der Waals surface area contributed by atoms with Gasteiger partial charge in [-0.2, -0.15) is 0 Å². The second-order valence-corrected chi connectivity index (χ2v) is 5.53. The third-order valence-electron chi connectivity index (χ3n) is 4.25. The number of carbonyl (C=O) groups excluding carboxylic acids is 1. The summed E-state index contributed by atoms with van der Waals surface area (Å²) < 4.78 is 5.71. The van der Waals surface area contributed by atoms with Gasteiger partial charge in [-0.05, 0) is 31.9 Å². The number of para-hydroxylation sites is 1. The standard InChI is InChI=1S/C17H21NO2/c1-2-18(14-9-4-3-5-10-14)17(19)16-12-13-8-6-7-11-15(13)20-16/h6-8,11-12,14H,2-5,9-10H2,1H3. The molecule has 0 spiro atoms. The number of benzene rings is 1. The van der Waals surface area contributed by atoms with E-state index in [4.69, 9.17) is 4.42 Å². The van der Waals surface area contributed by atoms with Crippen molar-refractivity contribution in [3.05, 3.63) is 36.1 Å². The fraction of sp³-hybridized carbons (Fsp3) is 0.471. The Morgan fingerprint density at radius 3 is 2.70 bits per heavy atom. The molecule has 2 aromatic rings. The first-order valence-electron chi connectivity index (χ1n) is 7.59. The van der Waals surface area contributed by atoms with Crippen molar-refractivity contribution in [2.45, 2.75) is 45.1 Å². The monoisotopic (exact) mass is 271 g/mol. The Morgan fingerprint density at radius 1 is 1.25 bits per heavy atom. The third-order valence-corrected chi connectivity index (χ3v) is 4.25. The molecule has 20 heavy (non-hydrogen) atoms. The Balaban J connectivity index is 1.85. The molecule has 3 heteroatoms. The zero-order chi connectivity index (χ0) is 13.9. The first-order valence-corrected chi connectivity index (χ1v) is 7.59. The van der Waals surface area contributed by atoms with Crippen molar-refractivity contribution in [2.75, 3.05) is 6.54 Å². The van der Waals surface area contributed by atoms with E-state index >= 15 is 0 Å². The van der Waals surface area contributed by atoms with Gasteiger partial charge in [0, 0.05) is 18.0 Å². The lowest BCUT2D eigenvalue weighted by atomic mass is 9.94. The van der Waals surface area contributed by atoms with Crippen LogP contribution in [-0.4, -0.2) is 23.4 Å². The van der Waals surface area contributed by atoms with Crippen LogP contribution in [0.5, 0.6) is 0 Å². The molecule has 3 rings (SSSR count). The zero-order valence-electron chi connectivity index (χ0n) is 12.0. The van der Waals surface area contributed by atoms with Crippen molar-refractivity contribution < 1.29 is 9.21 Å². The van der Waals surface area contributed by atoms with Gasteiger partial charge >= 0.3 is 0 Å². The average Bonchev–Trinajstić information content (AvgIpc) is 2.93. The summed E-state index contributed by atoms with van der Waals surface area (Å²) in [5, 5.41) is 0.996. The Kier molecular flexibility index (Phi) is 3.77. The van der Waals surface area contributed by atoms with Gasteiger partial charge in [0.05, 0.1) is 0 Å². The van der Waals surface area contributed by atoms with Crippen molar-refractivity contribution in [2.24, 2.45) is 0 Å². The predicted molar refractivity (Wildman–Crippen MR) is 79.8 cm³/mol. The summed E-state index contributed by atoms with van der Waals surface area (Å²) in [6.07, 6.45) is 6.01. The highest BCUT2D eigenvalue weighted by Gasteiger charge is 2.26. The first kappa shape index (κ1) is 13.2. The quantitative estimate of drug-likeness (QED) is 0.837. The van der Waals surface area contributed by atoms with Crippen LogP contribution in [0.3, 0.4) is 0 Å². The maximum Gasteiger partial charge on any atom is 0.289 e. The topological polar surface area (TPSA) is 33.5 Å². The molecule has 1 heterocycles. The van der Waals surface area contributed by atoms with Gasteiger partial charge in [-0.25, -0.2) is 0 Å². The van der Waals surface area contributed by atoms with Crippen LogP contribution in [0.25, 0.3) is 11.0 Å². The Bertz CT molecular complexity index is 563. The lowest BCUT2D eigenvalue weighted by Gasteiger charge is -2.32. The van der Waals surface area contributed by atoms with Crippen LogP contribution in [0.15, 0.2) is 34.7 Å². The van der Waals surface area contributed by atoms with E-state index in [1.165, 1.54) is 19.3 Å². The molecule has 1 aromatic heterocycles. The average molecular weight is 271 g/mol. The number of carbonyl (C=O) groups is 1. The minimum absolute atomic E-state index is 0.0376. The van der Waals surface area contributed by atoms with E-state index in [2.05, 4.69) is 6.92 Å². The molecule has 1 amide bonds. The van der Waals surface area contributed by atoms with E-state index in [1.807, 2.05) is 35.2 Å². The van der Waals surface area contributed by atoms with Crippen LogP contribution in [-0.2, 0) is 0 Å². The van der Waals surface area contributed by atoms with E-state index in [0.717, 1.165) is 30.4 Å². The first-order chi connectivity index (χ1) is 9.79. The van der Waals surface area contributed by atoms with Crippen LogP contribution in [0.1, 0.15) is 49.6 Å². The van der Waals surface area contributed by atoms with Crippen molar-refractivity contribution in [1.82, 2.24) is 4.90 Å². The van der Waals surface area contributed by atoms with Crippen LogP contribution in [0.4, 0.5) is 0 Å². The third kappa shape index (κ3) is 2.45. The Morgan fingerprint density at radius 2 is 2.00 bits per heavy atom. The highest BCUT2D eigenvalue weighted by Crippen LogP contribution is 2.26. The molecule has 0 bridgehead atoms. The van der Waals surface area contributed by atoms with Crippen molar-refractivity contribution in [3.8, 4) is 0 Å². The number of hydrogen-bond donors (Lipinski definition) is 0. The smallest absolute Gasteiger partial charge is 0.289 e. The number of hydrogen-bond acceptors (Lipinski definition) is 2. The molecule has 1 saturated carbocycles. The largest absolute Gasteiger partial charge is 0.451 e. The Labute approximate surface area is 119 Å². The van der Waals surface area contributed by atoms with Gasteiger partial charge in [0.2, 0.25) is 0 Å². The molecule has 106 valence electrons. The summed E-state index contributed by atoms with van der Waals surface area (Å²) in [6.45, 7) is 2.80. The molecule has 1 aromatic carbocycles. The molecular formula is C17H21NO2. The number of furan rings is 1. The number of rotatable bonds is 3. The van der Waals surface area contributed by atoms with Gasteiger partial charge in [0.1, 0.15) is 5.58 Å². The summed E-state index contributed by atoms with van der Waals surface area (Å²) in [7, 11) is 0. The van der Waals surface area contributed by atoms with Gasteiger partial charge in [-0.3, -0.25) is 4.79 Å². The van der Waals surface area contributed by atoms with E-state index < -0.39 is 0 Å². The lowest BCUT2D eigenvalue weighted by Crippen LogP contribution is -2.41. The van der Waals surface area contributed by atoms with Crippen molar-refractivity contribution in [1.29, 1.82) is 0 Å². The maximum atomic E-state index is 12.7. The lowest BCUT2D eigenvalue weighted by molar-refractivity contribution is 0.0618. The molecule has 3 nitrogen and oxygen atoms in total. The van der Waals surface area contributed by atoms with Crippen LogP contribution in [0, 0.1) is 0 Å². The predicted octanol–water partition coefficient (Wildman–Crippen LogP) is 4.23. The van der Waals surface area contributed by atoms with Gasteiger partial charge in [0.25, 0.3) is 5.91 Å². The Hall–Kier alpha value is -1.77. The molecule has 1 fully saturated rings. The van der Waals surface area contributed by atoms with Gasteiger partial charge < -0.3 is 9.32 Å². The summed E-state index contributed by atoms with van der Waals surface area (Å²) in [6, 6.07) is 10.0. The molecule has 0 unspecified atom stereocenters. The van der Waals surface area contributed by atoms with Crippen LogP contribution < -0.4 is 0 Å². The van der Waals surface area contributed by atoms with Gasteiger partial charge in [-0.15, -0.1) is 0 Å². The number of fused-ring (bicyclic) bond motifs is 1. The summed E-state index contributed by atoms with van der Waals surface area (Å²) >= 11 is 0. The fourth-order valence-electron chi connectivity index (χ4n) is 3.19. The number of amides is 1. The number of nitrogens with zero attached hydrogens (tertiary/aromatic N) is 1. The normalized spacial score (nSPS) is 16.4. The van der Waals surface area contributed by atoms with E-state index in [-0.39, 0.29) is 5.91 Å². The second-order valence-electron chi connectivity index (χ2n) is 5.53. The molecule has 0 aliphatic heterocycles. The maximum absolute atomic E-state index is 12.7. The fourth-order valence-corrected chi connectivity index (χ4v) is 3.19.